The smallest absolute Gasteiger partial charge is 0.325 e. The molecule has 0 aliphatic carbocycles. The second kappa shape index (κ2) is 4.43. The summed E-state index contributed by atoms with van der Waals surface area (Å²) in [5.74, 6) is -0.490. The molecule has 0 aliphatic rings. The zero-order chi connectivity index (χ0) is 10.7. The normalized spacial score (nSPS) is 12.2. The Balaban J connectivity index is 3.08. The highest BCUT2D eigenvalue weighted by molar-refractivity contribution is 9.10. The largest absolute Gasteiger partial charge is 0.497 e. The van der Waals surface area contributed by atoms with Crippen molar-refractivity contribution in [3.8, 4) is 5.75 Å². The molecule has 0 fully saturated rings. The second-order valence-electron chi connectivity index (χ2n) is 2.74. The number of hydrogen-bond acceptors (Lipinski definition) is 3. The molecular formula is C9H10BrNO3. The molecule has 1 atom stereocenters. The van der Waals surface area contributed by atoms with Crippen LogP contribution in [-0.2, 0) is 4.79 Å². The van der Waals surface area contributed by atoms with Crippen molar-refractivity contribution in [2.24, 2.45) is 5.73 Å². The van der Waals surface area contributed by atoms with Gasteiger partial charge in [-0.05, 0) is 23.8 Å². The fourth-order valence-corrected chi connectivity index (χ4v) is 1.51. The summed E-state index contributed by atoms with van der Waals surface area (Å²) in [5, 5.41) is 8.71. The van der Waals surface area contributed by atoms with Crippen LogP contribution in [0.2, 0.25) is 0 Å². The van der Waals surface area contributed by atoms with Gasteiger partial charge in [0.05, 0.1) is 7.11 Å². The predicted octanol–water partition coefficient (Wildman–Crippen LogP) is 1.54. The average molecular weight is 260 g/mol. The highest BCUT2D eigenvalue weighted by Crippen LogP contribution is 2.24. The maximum absolute atomic E-state index is 10.6. The Kier molecular flexibility index (Phi) is 3.49. The quantitative estimate of drug-likeness (QED) is 0.864. The molecule has 1 aromatic carbocycles. The lowest BCUT2D eigenvalue weighted by Gasteiger charge is -2.09. The Morgan fingerprint density at radius 3 is 2.71 bits per heavy atom. The van der Waals surface area contributed by atoms with Crippen LogP contribution in [0.4, 0.5) is 0 Å². The summed E-state index contributed by atoms with van der Waals surface area (Å²) in [6.07, 6.45) is 0. The zero-order valence-electron chi connectivity index (χ0n) is 7.53. The fourth-order valence-electron chi connectivity index (χ4n) is 1.02. The number of methoxy groups -OCH3 is 1. The van der Waals surface area contributed by atoms with Crippen molar-refractivity contribution in [3.05, 3.63) is 28.2 Å². The van der Waals surface area contributed by atoms with Crippen LogP contribution in [0.1, 0.15) is 11.6 Å². The van der Waals surface area contributed by atoms with Crippen LogP contribution in [0, 0.1) is 0 Å². The topological polar surface area (TPSA) is 72.5 Å². The van der Waals surface area contributed by atoms with Gasteiger partial charge in [0.25, 0.3) is 0 Å². The van der Waals surface area contributed by atoms with Gasteiger partial charge in [0.1, 0.15) is 11.8 Å². The lowest BCUT2D eigenvalue weighted by molar-refractivity contribution is -0.138. The highest BCUT2D eigenvalue weighted by Gasteiger charge is 2.15. The van der Waals surface area contributed by atoms with Crippen LogP contribution in [0.5, 0.6) is 5.75 Å². The summed E-state index contributed by atoms with van der Waals surface area (Å²) in [6, 6.07) is 3.96. The molecule has 0 aromatic heterocycles. The monoisotopic (exact) mass is 259 g/mol. The van der Waals surface area contributed by atoms with E-state index in [1.165, 1.54) is 7.11 Å². The molecule has 0 spiro atoms. The van der Waals surface area contributed by atoms with Gasteiger partial charge in [-0.3, -0.25) is 4.79 Å². The molecule has 76 valence electrons. The Morgan fingerprint density at radius 1 is 1.57 bits per heavy atom. The summed E-state index contributed by atoms with van der Waals surface area (Å²) < 4.78 is 5.73. The SMILES string of the molecule is COc1cc(Br)cc(C(N)C(=O)O)c1. The van der Waals surface area contributed by atoms with E-state index in [0.29, 0.717) is 11.3 Å². The average Bonchev–Trinajstić information content (AvgIpc) is 2.15. The summed E-state index contributed by atoms with van der Waals surface area (Å²) in [4.78, 5) is 10.6. The molecule has 0 bridgehead atoms. The van der Waals surface area contributed by atoms with Crippen molar-refractivity contribution in [1.29, 1.82) is 0 Å². The van der Waals surface area contributed by atoms with E-state index in [4.69, 9.17) is 15.6 Å². The van der Waals surface area contributed by atoms with E-state index in [9.17, 15) is 4.79 Å². The lowest BCUT2D eigenvalue weighted by atomic mass is 10.1. The van der Waals surface area contributed by atoms with Gasteiger partial charge >= 0.3 is 5.97 Å². The summed E-state index contributed by atoms with van der Waals surface area (Å²) >= 11 is 3.24. The van der Waals surface area contributed by atoms with Crippen molar-refractivity contribution in [3.63, 3.8) is 0 Å². The minimum atomic E-state index is -1.06. The van der Waals surface area contributed by atoms with Gasteiger partial charge in [0.15, 0.2) is 0 Å². The third-order valence-electron chi connectivity index (χ3n) is 1.75. The number of ether oxygens (including phenoxy) is 1. The van der Waals surface area contributed by atoms with Crippen LogP contribution in [-0.4, -0.2) is 18.2 Å². The van der Waals surface area contributed by atoms with E-state index in [2.05, 4.69) is 15.9 Å². The Labute approximate surface area is 89.8 Å². The van der Waals surface area contributed by atoms with Gasteiger partial charge in [-0.25, -0.2) is 0 Å². The highest BCUT2D eigenvalue weighted by atomic mass is 79.9. The number of benzene rings is 1. The molecule has 0 aliphatic heterocycles. The first-order valence-electron chi connectivity index (χ1n) is 3.87. The number of carboxylic acids is 1. The van der Waals surface area contributed by atoms with Crippen LogP contribution < -0.4 is 10.5 Å². The molecule has 14 heavy (non-hydrogen) atoms. The standard InChI is InChI=1S/C9H10BrNO3/c1-14-7-3-5(2-6(10)4-7)8(11)9(12)13/h2-4,8H,11H2,1H3,(H,12,13). The maximum Gasteiger partial charge on any atom is 0.325 e. The number of carbonyl (C=O) groups is 1. The van der Waals surface area contributed by atoms with Crippen molar-refractivity contribution in [2.45, 2.75) is 6.04 Å². The molecule has 1 rings (SSSR count). The molecule has 0 heterocycles. The summed E-state index contributed by atoms with van der Waals surface area (Å²) in [5.41, 5.74) is 5.96. The van der Waals surface area contributed by atoms with Crippen LogP contribution in [0.3, 0.4) is 0 Å². The summed E-state index contributed by atoms with van der Waals surface area (Å²) in [6.45, 7) is 0. The predicted molar refractivity (Wildman–Crippen MR) is 55.3 cm³/mol. The molecule has 0 amide bonds. The molecule has 5 heteroatoms. The lowest BCUT2D eigenvalue weighted by Crippen LogP contribution is -2.20. The molecule has 3 N–H and O–H groups in total. The van der Waals surface area contributed by atoms with Gasteiger partial charge in [0, 0.05) is 4.47 Å². The van der Waals surface area contributed by atoms with Gasteiger partial charge in [-0.1, -0.05) is 15.9 Å². The summed E-state index contributed by atoms with van der Waals surface area (Å²) in [7, 11) is 1.51. The van der Waals surface area contributed by atoms with Crippen LogP contribution >= 0.6 is 15.9 Å². The van der Waals surface area contributed by atoms with E-state index in [1.807, 2.05) is 0 Å². The first-order chi connectivity index (χ1) is 6.54. The molecule has 0 saturated heterocycles. The molecular weight excluding hydrogens is 250 g/mol. The van der Waals surface area contributed by atoms with Crippen molar-refractivity contribution < 1.29 is 14.6 Å². The number of aliphatic carboxylic acids is 1. The number of rotatable bonds is 3. The number of halogens is 1. The van der Waals surface area contributed by atoms with Gasteiger partial charge < -0.3 is 15.6 Å². The number of carboxylic acid groups (broad SMARTS) is 1. The second-order valence-corrected chi connectivity index (χ2v) is 3.66. The minimum Gasteiger partial charge on any atom is -0.497 e. The fraction of sp³-hybridized carbons (Fsp3) is 0.222. The van der Waals surface area contributed by atoms with E-state index >= 15 is 0 Å². The molecule has 0 saturated carbocycles. The van der Waals surface area contributed by atoms with E-state index in [-0.39, 0.29) is 0 Å². The van der Waals surface area contributed by atoms with E-state index < -0.39 is 12.0 Å². The van der Waals surface area contributed by atoms with E-state index in [1.54, 1.807) is 18.2 Å². The van der Waals surface area contributed by atoms with Crippen molar-refractivity contribution in [2.75, 3.05) is 7.11 Å². The third-order valence-corrected chi connectivity index (χ3v) is 2.21. The number of hydrogen-bond donors (Lipinski definition) is 2. The third kappa shape index (κ3) is 2.46. The Bertz CT molecular complexity index is 354. The van der Waals surface area contributed by atoms with Gasteiger partial charge in [-0.15, -0.1) is 0 Å². The molecule has 1 unspecified atom stereocenters. The van der Waals surface area contributed by atoms with Gasteiger partial charge in [-0.2, -0.15) is 0 Å². The molecule has 1 aromatic rings. The van der Waals surface area contributed by atoms with Crippen molar-refractivity contribution >= 4 is 21.9 Å². The molecule has 4 nitrogen and oxygen atoms in total. The number of nitrogens with two attached hydrogens (primary N) is 1. The Morgan fingerprint density at radius 2 is 2.21 bits per heavy atom. The first-order valence-corrected chi connectivity index (χ1v) is 4.66. The van der Waals surface area contributed by atoms with Crippen LogP contribution in [0.25, 0.3) is 0 Å². The minimum absolute atomic E-state index is 0.503. The van der Waals surface area contributed by atoms with Crippen molar-refractivity contribution in [1.82, 2.24) is 0 Å². The van der Waals surface area contributed by atoms with Crippen LogP contribution in [0.15, 0.2) is 22.7 Å². The Hall–Kier alpha value is -1.07. The van der Waals surface area contributed by atoms with Gasteiger partial charge in [0.2, 0.25) is 0 Å². The maximum atomic E-state index is 10.6. The zero-order valence-corrected chi connectivity index (χ0v) is 9.11. The first kappa shape index (κ1) is 11.0. The van der Waals surface area contributed by atoms with E-state index in [0.717, 1.165) is 4.47 Å². The molecule has 0 radical (unpaired) electrons.